The third kappa shape index (κ3) is 3.63. The number of furan rings is 1. The normalized spacial score (nSPS) is 11.1. The average molecular weight is 337 g/mol. The molecule has 0 aliphatic rings. The van der Waals surface area contributed by atoms with E-state index in [1.54, 1.807) is 24.6 Å². The molecule has 2 N–H and O–H groups in total. The van der Waals surface area contributed by atoms with Gasteiger partial charge in [0.05, 0.1) is 24.6 Å². The Hall–Kier alpha value is -3.28. The number of aryl methyl sites for hydroxylation is 1. The number of hydrogen-bond donors (Lipinski definition) is 2. The first-order chi connectivity index (χ1) is 12.1. The summed E-state index contributed by atoms with van der Waals surface area (Å²) >= 11 is 0. The first kappa shape index (κ1) is 16.6. The molecule has 0 bridgehead atoms. The van der Waals surface area contributed by atoms with E-state index in [1.807, 2.05) is 32.0 Å². The van der Waals surface area contributed by atoms with E-state index in [9.17, 15) is 9.90 Å². The second-order valence-corrected chi connectivity index (χ2v) is 5.71. The van der Waals surface area contributed by atoms with Crippen molar-refractivity contribution in [3.8, 4) is 5.75 Å². The molecule has 128 valence electrons. The molecular weight excluding hydrogens is 318 g/mol. The summed E-state index contributed by atoms with van der Waals surface area (Å²) in [6, 6.07) is 12.1. The second-order valence-electron chi connectivity index (χ2n) is 5.71. The molecule has 0 fully saturated rings. The maximum Gasteiger partial charge on any atom is 0.275 e. The Morgan fingerprint density at radius 3 is 2.80 bits per heavy atom. The van der Waals surface area contributed by atoms with Crippen molar-refractivity contribution in [2.75, 3.05) is 0 Å². The molecule has 0 aliphatic carbocycles. The van der Waals surface area contributed by atoms with Crippen molar-refractivity contribution in [2.45, 2.75) is 20.4 Å². The number of phenols is 1. The van der Waals surface area contributed by atoms with Crippen LogP contribution in [-0.4, -0.2) is 21.8 Å². The Morgan fingerprint density at radius 2 is 2.08 bits per heavy atom. The topological polar surface area (TPSA) is 79.8 Å². The van der Waals surface area contributed by atoms with Crippen molar-refractivity contribution in [2.24, 2.45) is 5.10 Å². The van der Waals surface area contributed by atoms with E-state index in [0.717, 1.165) is 22.7 Å². The highest BCUT2D eigenvalue weighted by Crippen LogP contribution is 2.17. The molecule has 1 amide bonds. The fraction of sp³-hybridized carbons (Fsp3) is 0.158. The van der Waals surface area contributed by atoms with Crippen LogP contribution >= 0.6 is 0 Å². The van der Waals surface area contributed by atoms with E-state index in [-0.39, 0.29) is 11.3 Å². The predicted molar refractivity (Wildman–Crippen MR) is 94.9 cm³/mol. The lowest BCUT2D eigenvalue weighted by atomic mass is 10.2. The summed E-state index contributed by atoms with van der Waals surface area (Å²) < 4.78 is 7.51. The van der Waals surface area contributed by atoms with Gasteiger partial charge < -0.3 is 14.1 Å². The van der Waals surface area contributed by atoms with Gasteiger partial charge in [0, 0.05) is 17.0 Å². The number of carbonyl (C=O) groups is 1. The standard InChI is InChI=1S/C19H19N3O3/c1-13-10-15(14(2)22(13)12-16-6-5-9-25-16)11-20-21-19(24)17-7-3-4-8-18(17)23/h3-11,23H,12H2,1-2H3,(H,21,24)/b20-11-. The van der Waals surface area contributed by atoms with Crippen LogP contribution in [0.15, 0.2) is 58.2 Å². The van der Waals surface area contributed by atoms with Crippen LogP contribution in [0.25, 0.3) is 0 Å². The number of benzene rings is 1. The third-order valence-corrected chi connectivity index (χ3v) is 4.03. The number of hydrogen-bond acceptors (Lipinski definition) is 4. The molecule has 2 aromatic heterocycles. The molecule has 0 spiro atoms. The summed E-state index contributed by atoms with van der Waals surface area (Å²) in [7, 11) is 0. The smallest absolute Gasteiger partial charge is 0.275 e. The fourth-order valence-electron chi connectivity index (χ4n) is 2.65. The van der Waals surface area contributed by atoms with Gasteiger partial charge in [-0.2, -0.15) is 5.10 Å². The summed E-state index contributed by atoms with van der Waals surface area (Å²) in [5.74, 6) is 0.337. The molecule has 0 saturated carbocycles. The van der Waals surface area contributed by atoms with Gasteiger partial charge in [-0.3, -0.25) is 4.79 Å². The number of nitrogens with zero attached hydrogens (tertiary/aromatic N) is 2. The van der Waals surface area contributed by atoms with Gasteiger partial charge in [-0.05, 0) is 44.2 Å². The zero-order chi connectivity index (χ0) is 17.8. The van der Waals surface area contributed by atoms with Gasteiger partial charge in [-0.25, -0.2) is 5.43 Å². The first-order valence-corrected chi connectivity index (χ1v) is 7.87. The molecule has 0 saturated heterocycles. The minimum atomic E-state index is -0.459. The number of amides is 1. The van der Waals surface area contributed by atoms with Crippen molar-refractivity contribution in [1.82, 2.24) is 9.99 Å². The number of aromatic nitrogens is 1. The van der Waals surface area contributed by atoms with Crippen molar-refractivity contribution in [3.05, 3.63) is 77.0 Å². The number of para-hydroxylation sites is 1. The molecule has 6 heteroatoms. The molecule has 0 aliphatic heterocycles. The Labute approximate surface area is 145 Å². The van der Waals surface area contributed by atoms with Crippen molar-refractivity contribution in [1.29, 1.82) is 0 Å². The van der Waals surface area contributed by atoms with E-state index >= 15 is 0 Å². The van der Waals surface area contributed by atoms with Crippen LogP contribution in [0.5, 0.6) is 5.75 Å². The fourth-order valence-corrected chi connectivity index (χ4v) is 2.65. The van der Waals surface area contributed by atoms with Gasteiger partial charge in [0.15, 0.2) is 0 Å². The van der Waals surface area contributed by atoms with E-state index in [1.165, 1.54) is 12.1 Å². The number of rotatable bonds is 5. The van der Waals surface area contributed by atoms with Gasteiger partial charge in [-0.15, -0.1) is 0 Å². The summed E-state index contributed by atoms with van der Waals surface area (Å²) in [4.78, 5) is 12.0. The highest BCUT2D eigenvalue weighted by atomic mass is 16.3. The molecule has 0 atom stereocenters. The SMILES string of the molecule is Cc1cc(/C=N\NC(=O)c2ccccc2O)c(C)n1Cc1ccco1. The maximum absolute atomic E-state index is 12.0. The Morgan fingerprint density at radius 1 is 1.28 bits per heavy atom. The highest BCUT2D eigenvalue weighted by Gasteiger charge is 2.11. The molecular formula is C19H19N3O3. The van der Waals surface area contributed by atoms with E-state index in [0.29, 0.717) is 6.54 Å². The quantitative estimate of drug-likeness (QED) is 0.554. The lowest BCUT2D eigenvalue weighted by molar-refractivity contribution is 0.0952. The van der Waals surface area contributed by atoms with E-state index < -0.39 is 5.91 Å². The zero-order valence-electron chi connectivity index (χ0n) is 14.1. The summed E-state index contributed by atoms with van der Waals surface area (Å²) in [6.45, 7) is 4.64. The Kier molecular flexibility index (Phi) is 4.70. The molecule has 25 heavy (non-hydrogen) atoms. The largest absolute Gasteiger partial charge is 0.507 e. The number of carbonyl (C=O) groups excluding carboxylic acids is 1. The van der Waals surface area contributed by atoms with E-state index in [4.69, 9.17) is 4.42 Å². The van der Waals surface area contributed by atoms with Crippen LogP contribution in [0.1, 0.15) is 33.1 Å². The van der Waals surface area contributed by atoms with Crippen LogP contribution < -0.4 is 5.43 Å². The lowest BCUT2D eigenvalue weighted by Crippen LogP contribution is -2.17. The van der Waals surface area contributed by atoms with Crippen molar-refractivity contribution >= 4 is 12.1 Å². The molecule has 3 aromatic rings. The average Bonchev–Trinajstić information content (AvgIpc) is 3.19. The van der Waals surface area contributed by atoms with Crippen LogP contribution in [0.3, 0.4) is 0 Å². The minimum absolute atomic E-state index is 0.0770. The molecule has 2 heterocycles. The van der Waals surface area contributed by atoms with Gasteiger partial charge in [0.25, 0.3) is 5.91 Å². The van der Waals surface area contributed by atoms with Gasteiger partial charge >= 0.3 is 0 Å². The maximum atomic E-state index is 12.0. The zero-order valence-corrected chi connectivity index (χ0v) is 14.1. The summed E-state index contributed by atoms with van der Waals surface area (Å²) in [5, 5.41) is 13.7. The van der Waals surface area contributed by atoms with Crippen LogP contribution in [0, 0.1) is 13.8 Å². The third-order valence-electron chi connectivity index (χ3n) is 4.03. The van der Waals surface area contributed by atoms with Crippen LogP contribution in [-0.2, 0) is 6.54 Å². The Balaban J connectivity index is 1.72. The minimum Gasteiger partial charge on any atom is -0.507 e. The first-order valence-electron chi connectivity index (χ1n) is 7.87. The molecule has 0 radical (unpaired) electrons. The van der Waals surface area contributed by atoms with E-state index in [2.05, 4.69) is 15.1 Å². The Bertz CT molecular complexity index is 908. The van der Waals surface area contributed by atoms with Crippen LogP contribution in [0.4, 0.5) is 0 Å². The lowest BCUT2D eigenvalue weighted by Gasteiger charge is -2.07. The molecule has 0 unspecified atom stereocenters. The van der Waals surface area contributed by atoms with Crippen LogP contribution in [0.2, 0.25) is 0 Å². The summed E-state index contributed by atoms with van der Waals surface area (Å²) in [6.07, 6.45) is 3.25. The number of nitrogens with one attached hydrogen (secondary N) is 1. The number of hydrazone groups is 1. The van der Waals surface area contributed by atoms with Gasteiger partial charge in [0.1, 0.15) is 11.5 Å². The highest BCUT2D eigenvalue weighted by molar-refractivity contribution is 5.97. The molecule has 6 nitrogen and oxygen atoms in total. The van der Waals surface area contributed by atoms with Crippen molar-refractivity contribution in [3.63, 3.8) is 0 Å². The predicted octanol–water partition coefficient (Wildman–Crippen LogP) is 3.22. The molecule has 3 rings (SSSR count). The van der Waals surface area contributed by atoms with Gasteiger partial charge in [-0.1, -0.05) is 12.1 Å². The monoisotopic (exact) mass is 337 g/mol. The second kappa shape index (κ2) is 7.09. The van der Waals surface area contributed by atoms with Crippen molar-refractivity contribution < 1.29 is 14.3 Å². The molecule has 1 aromatic carbocycles. The number of aromatic hydroxyl groups is 1. The summed E-state index contributed by atoms with van der Waals surface area (Å²) in [5.41, 5.74) is 5.61. The number of phenolic OH excluding ortho intramolecular Hbond substituents is 1. The van der Waals surface area contributed by atoms with Gasteiger partial charge in [0.2, 0.25) is 0 Å².